The van der Waals surface area contributed by atoms with Crippen LogP contribution in [-0.2, 0) is 4.74 Å². The lowest BCUT2D eigenvalue weighted by Crippen LogP contribution is -2.43. The van der Waals surface area contributed by atoms with E-state index < -0.39 is 0 Å². The predicted octanol–water partition coefficient (Wildman–Crippen LogP) is 2.08. The van der Waals surface area contributed by atoms with Gasteiger partial charge in [-0.15, -0.1) is 0 Å². The van der Waals surface area contributed by atoms with Crippen LogP contribution in [0.1, 0.15) is 22.2 Å². The second kappa shape index (κ2) is 7.24. The van der Waals surface area contributed by atoms with Gasteiger partial charge in [0.1, 0.15) is 0 Å². The molecule has 1 aliphatic rings. The topological polar surface area (TPSA) is 54.7 Å². The standard InChI is InChI=1S/C17H20N2O3/c20-17(16-7-4-10-22-16)18-13-15(14-5-2-1-3-6-14)19-8-11-21-12-9-19/h1-7,10,15H,8-9,11-13H2,(H,18,20)/t15-/m0/s1. The van der Waals surface area contributed by atoms with E-state index in [1.807, 2.05) is 18.2 Å². The van der Waals surface area contributed by atoms with Gasteiger partial charge in [-0.3, -0.25) is 9.69 Å². The Morgan fingerprint density at radius 2 is 1.91 bits per heavy atom. The van der Waals surface area contributed by atoms with Gasteiger partial charge in [-0.25, -0.2) is 0 Å². The fourth-order valence-corrected chi connectivity index (χ4v) is 2.71. The molecule has 0 saturated carbocycles. The molecule has 2 aromatic rings. The van der Waals surface area contributed by atoms with E-state index >= 15 is 0 Å². The molecule has 0 bridgehead atoms. The van der Waals surface area contributed by atoms with E-state index in [9.17, 15) is 4.79 Å². The molecule has 1 aromatic carbocycles. The van der Waals surface area contributed by atoms with Crippen LogP contribution in [0, 0.1) is 0 Å². The molecule has 22 heavy (non-hydrogen) atoms. The van der Waals surface area contributed by atoms with Crippen molar-refractivity contribution in [1.82, 2.24) is 10.2 Å². The number of carbonyl (C=O) groups excluding carboxylic acids is 1. The minimum atomic E-state index is -0.181. The van der Waals surface area contributed by atoms with Gasteiger partial charge in [0.2, 0.25) is 0 Å². The second-order valence-electron chi connectivity index (χ2n) is 5.26. The Labute approximate surface area is 129 Å². The first kappa shape index (κ1) is 14.8. The van der Waals surface area contributed by atoms with Crippen LogP contribution in [0.2, 0.25) is 0 Å². The highest BCUT2D eigenvalue weighted by Gasteiger charge is 2.23. The van der Waals surface area contributed by atoms with E-state index in [1.54, 1.807) is 12.1 Å². The van der Waals surface area contributed by atoms with Gasteiger partial charge in [0.15, 0.2) is 5.76 Å². The number of amides is 1. The first-order valence-electron chi connectivity index (χ1n) is 7.53. The highest BCUT2D eigenvalue weighted by Crippen LogP contribution is 2.21. The summed E-state index contributed by atoms with van der Waals surface area (Å²) in [5.74, 6) is 0.160. The first-order valence-corrected chi connectivity index (χ1v) is 7.53. The fourth-order valence-electron chi connectivity index (χ4n) is 2.71. The molecule has 116 valence electrons. The summed E-state index contributed by atoms with van der Waals surface area (Å²) < 4.78 is 10.6. The lowest BCUT2D eigenvalue weighted by Gasteiger charge is -2.34. The Morgan fingerprint density at radius 3 is 2.59 bits per heavy atom. The van der Waals surface area contributed by atoms with Crippen molar-refractivity contribution in [3.8, 4) is 0 Å². The fraction of sp³-hybridized carbons (Fsp3) is 0.353. The normalized spacial score (nSPS) is 17.1. The summed E-state index contributed by atoms with van der Waals surface area (Å²) in [7, 11) is 0. The first-order chi connectivity index (χ1) is 10.8. The van der Waals surface area contributed by atoms with E-state index in [0.717, 1.165) is 26.3 Å². The van der Waals surface area contributed by atoms with Gasteiger partial charge in [0.05, 0.1) is 25.5 Å². The highest BCUT2D eigenvalue weighted by molar-refractivity contribution is 5.91. The molecule has 2 heterocycles. The van der Waals surface area contributed by atoms with Crippen LogP contribution in [-0.4, -0.2) is 43.7 Å². The summed E-state index contributed by atoms with van der Waals surface area (Å²) in [5, 5.41) is 2.97. The molecule has 5 nitrogen and oxygen atoms in total. The molecule has 3 rings (SSSR count). The zero-order valence-electron chi connectivity index (χ0n) is 12.4. The van der Waals surface area contributed by atoms with E-state index in [2.05, 4.69) is 22.3 Å². The van der Waals surface area contributed by atoms with Crippen molar-refractivity contribution in [1.29, 1.82) is 0 Å². The number of nitrogens with zero attached hydrogens (tertiary/aromatic N) is 1. The molecule has 0 unspecified atom stereocenters. The lowest BCUT2D eigenvalue weighted by atomic mass is 10.0. The third-order valence-electron chi connectivity index (χ3n) is 3.87. The van der Waals surface area contributed by atoms with Crippen LogP contribution in [0.25, 0.3) is 0 Å². The van der Waals surface area contributed by atoms with Crippen molar-refractivity contribution in [2.75, 3.05) is 32.8 Å². The van der Waals surface area contributed by atoms with Gasteiger partial charge in [0.25, 0.3) is 5.91 Å². The average Bonchev–Trinajstić information content (AvgIpc) is 3.11. The molecule has 0 radical (unpaired) electrons. The van der Waals surface area contributed by atoms with Gasteiger partial charge in [0, 0.05) is 19.6 Å². The number of nitrogens with one attached hydrogen (secondary N) is 1. The number of carbonyl (C=O) groups is 1. The second-order valence-corrected chi connectivity index (χ2v) is 5.26. The van der Waals surface area contributed by atoms with E-state index in [0.29, 0.717) is 12.3 Å². The molecule has 1 fully saturated rings. The van der Waals surface area contributed by atoms with Crippen LogP contribution in [0.3, 0.4) is 0 Å². The van der Waals surface area contributed by atoms with Crippen LogP contribution >= 0.6 is 0 Å². The van der Waals surface area contributed by atoms with Crippen LogP contribution in [0.15, 0.2) is 53.1 Å². The molecule has 0 aliphatic carbocycles. The Morgan fingerprint density at radius 1 is 1.14 bits per heavy atom. The smallest absolute Gasteiger partial charge is 0.287 e. The number of benzene rings is 1. The third-order valence-corrected chi connectivity index (χ3v) is 3.87. The molecule has 1 amide bonds. The highest BCUT2D eigenvalue weighted by atomic mass is 16.5. The maximum Gasteiger partial charge on any atom is 0.287 e. The monoisotopic (exact) mass is 300 g/mol. The van der Waals surface area contributed by atoms with Crippen LogP contribution in [0.4, 0.5) is 0 Å². The number of morpholine rings is 1. The Balaban J connectivity index is 1.69. The zero-order chi connectivity index (χ0) is 15.2. The van der Waals surface area contributed by atoms with Crippen molar-refractivity contribution in [3.63, 3.8) is 0 Å². The summed E-state index contributed by atoms with van der Waals surface area (Å²) in [5.41, 5.74) is 1.20. The van der Waals surface area contributed by atoms with Crippen molar-refractivity contribution >= 4 is 5.91 Å². The van der Waals surface area contributed by atoms with Crippen molar-refractivity contribution in [3.05, 3.63) is 60.1 Å². The molecule has 1 saturated heterocycles. The van der Waals surface area contributed by atoms with Gasteiger partial charge >= 0.3 is 0 Å². The van der Waals surface area contributed by atoms with Crippen LogP contribution in [0.5, 0.6) is 0 Å². The molecule has 0 spiro atoms. The van der Waals surface area contributed by atoms with Crippen LogP contribution < -0.4 is 5.32 Å². The minimum absolute atomic E-state index is 0.143. The maximum atomic E-state index is 12.1. The van der Waals surface area contributed by atoms with Crippen molar-refractivity contribution in [2.24, 2.45) is 0 Å². The number of hydrogen-bond acceptors (Lipinski definition) is 4. The zero-order valence-corrected chi connectivity index (χ0v) is 12.4. The Kier molecular flexibility index (Phi) is 4.88. The minimum Gasteiger partial charge on any atom is -0.459 e. The maximum absolute atomic E-state index is 12.1. The summed E-state index contributed by atoms with van der Waals surface area (Å²) in [6.45, 7) is 3.75. The number of rotatable bonds is 5. The Bertz CT molecular complexity index is 577. The van der Waals surface area contributed by atoms with Gasteiger partial charge in [-0.2, -0.15) is 0 Å². The third kappa shape index (κ3) is 3.55. The number of furan rings is 1. The molecular formula is C17H20N2O3. The van der Waals surface area contributed by atoms with E-state index in [-0.39, 0.29) is 11.9 Å². The van der Waals surface area contributed by atoms with Gasteiger partial charge in [-0.1, -0.05) is 30.3 Å². The summed E-state index contributed by atoms with van der Waals surface area (Å²) in [6.07, 6.45) is 1.51. The SMILES string of the molecule is O=C(NC[C@@H](c1ccccc1)N1CCOCC1)c1ccco1. The van der Waals surface area contributed by atoms with Gasteiger partial charge < -0.3 is 14.5 Å². The number of hydrogen-bond donors (Lipinski definition) is 1. The quantitative estimate of drug-likeness (QED) is 0.918. The summed E-state index contributed by atoms with van der Waals surface area (Å²) >= 11 is 0. The largest absolute Gasteiger partial charge is 0.459 e. The summed E-state index contributed by atoms with van der Waals surface area (Å²) in [6, 6.07) is 13.8. The average molecular weight is 300 g/mol. The molecular weight excluding hydrogens is 280 g/mol. The lowest BCUT2D eigenvalue weighted by molar-refractivity contribution is 0.0161. The van der Waals surface area contributed by atoms with E-state index in [1.165, 1.54) is 11.8 Å². The van der Waals surface area contributed by atoms with Gasteiger partial charge in [-0.05, 0) is 17.7 Å². The molecule has 1 aromatic heterocycles. The molecule has 1 N–H and O–H groups in total. The number of ether oxygens (including phenoxy) is 1. The Hall–Kier alpha value is -2.11. The van der Waals surface area contributed by atoms with Crippen molar-refractivity contribution < 1.29 is 13.9 Å². The van der Waals surface area contributed by atoms with Crippen molar-refractivity contribution in [2.45, 2.75) is 6.04 Å². The molecule has 5 heteroatoms. The predicted molar refractivity (Wildman–Crippen MR) is 82.6 cm³/mol. The molecule has 1 aliphatic heterocycles. The molecule has 1 atom stereocenters. The summed E-state index contributed by atoms with van der Waals surface area (Å²) in [4.78, 5) is 14.4. The van der Waals surface area contributed by atoms with E-state index in [4.69, 9.17) is 9.15 Å².